The summed E-state index contributed by atoms with van der Waals surface area (Å²) in [7, 11) is 3.16. The Bertz CT molecular complexity index is 333. The minimum Gasteiger partial charge on any atom is -0.493 e. The van der Waals surface area contributed by atoms with Crippen LogP contribution in [0.25, 0.3) is 0 Å². The second kappa shape index (κ2) is 6.45. The monoisotopic (exact) mass is 245 g/mol. The normalized spacial score (nSPS) is 12.0. The lowest BCUT2D eigenvalue weighted by Crippen LogP contribution is -2.20. The van der Waals surface area contributed by atoms with Crippen LogP contribution in [0.2, 0.25) is 0 Å². The number of aliphatic hydroxyl groups is 1. The molecule has 0 radical (unpaired) electrons. The molecule has 0 spiro atoms. The van der Waals surface area contributed by atoms with Gasteiger partial charge in [-0.25, -0.2) is 0 Å². The number of benzene rings is 1. The number of anilines is 1. The van der Waals surface area contributed by atoms with Crippen LogP contribution in [0.4, 0.5) is 5.69 Å². The van der Waals surface area contributed by atoms with E-state index in [0.717, 1.165) is 5.69 Å². The van der Waals surface area contributed by atoms with Crippen molar-refractivity contribution in [2.45, 2.75) is 6.10 Å². The lowest BCUT2D eigenvalue weighted by atomic mass is 10.2. The Morgan fingerprint density at radius 3 is 2.56 bits per heavy atom. The molecule has 1 aromatic carbocycles. The molecule has 1 atom stereocenters. The van der Waals surface area contributed by atoms with Gasteiger partial charge in [0.15, 0.2) is 11.5 Å². The predicted octanol–water partition coefficient (Wildman–Crippen LogP) is 1.72. The highest BCUT2D eigenvalue weighted by atomic mass is 35.5. The first kappa shape index (κ1) is 12.9. The first-order valence-electron chi connectivity index (χ1n) is 4.91. The topological polar surface area (TPSA) is 50.7 Å². The maximum absolute atomic E-state index is 9.30. The summed E-state index contributed by atoms with van der Waals surface area (Å²) >= 11 is 5.49. The number of hydrogen-bond donors (Lipinski definition) is 2. The van der Waals surface area contributed by atoms with Crippen LogP contribution < -0.4 is 14.8 Å². The summed E-state index contributed by atoms with van der Waals surface area (Å²) in [5, 5.41) is 12.3. The maximum atomic E-state index is 9.30. The minimum atomic E-state index is -0.560. The number of ether oxygens (including phenoxy) is 2. The molecule has 1 rings (SSSR count). The smallest absolute Gasteiger partial charge is 0.162 e. The molecule has 1 unspecified atom stereocenters. The fourth-order valence-corrected chi connectivity index (χ4v) is 1.35. The fourth-order valence-electron chi connectivity index (χ4n) is 1.24. The molecular weight excluding hydrogens is 230 g/mol. The SMILES string of the molecule is COc1ccc(NCC(O)CCl)cc1OC. The molecule has 0 heterocycles. The van der Waals surface area contributed by atoms with Crippen LogP contribution >= 0.6 is 11.6 Å². The second-order valence-corrected chi connectivity index (χ2v) is 3.57. The Morgan fingerprint density at radius 2 is 2.00 bits per heavy atom. The van der Waals surface area contributed by atoms with Gasteiger partial charge in [0, 0.05) is 18.3 Å². The number of hydrogen-bond acceptors (Lipinski definition) is 4. The molecule has 1 aromatic rings. The number of methoxy groups -OCH3 is 2. The van der Waals surface area contributed by atoms with E-state index in [9.17, 15) is 5.11 Å². The average molecular weight is 246 g/mol. The maximum Gasteiger partial charge on any atom is 0.162 e. The quantitative estimate of drug-likeness (QED) is 0.750. The van der Waals surface area contributed by atoms with Gasteiger partial charge < -0.3 is 19.9 Å². The van der Waals surface area contributed by atoms with Crippen LogP contribution in [0.15, 0.2) is 18.2 Å². The van der Waals surface area contributed by atoms with Gasteiger partial charge in [-0.3, -0.25) is 0 Å². The number of rotatable bonds is 6. The van der Waals surface area contributed by atoms with Crippen molar-refractivity contribution < 1.29 is 14.6 Å². The molecule has 0 aliphatic carbocycles. The van der Waals surface area contributed by atoms with Crippen molar-refractivity contribution in [1.82, 2.24) is 0 Å². The van der Waals surface area contributed by atoms with Gasteiger partial charge in [0.05, 0.1) is 26.2 Å². The van der Waals surface area contributed by atoms with E-state index >= 15 is 0 Å². The molecule has 0 aromatic heterocycles. The molecule has 5 heteroatoms. The van der Waals surface area contributed by atoms with E-state index in [0.29, 0.717) is 18.0 Å². The molecule has 0 bridgehead atoms. The zero-order chi connectivity index (χ0) is 12.0. The summed E-state index contributed by atoms with van der Waals surface area (Å²) in [6.45, 7) is 0.402. The Hall–Kier alpha value is -1.13. The summed E-state index contributed by atoms with van der Waals surface area (Å²) in [5.74, 6) is 1.53. The number of halogens is 1. The standard InChI is InChI=1S/C11H16ClNO3/c1-15-10-4-3-8(5-11(10)16-2)13-7-9(14)6-12/h3-5,9,13-14H,6-7H2,1-2H3. The van der Waals surface area contributed by atoms with Crippen LogP contribution in [0.5, 0.6) is 11.5 Å². The predicted molar refractivity (Wildman–Crippen MR) is 64.8 cm³/mol. The van der Waals surface area contributed by atoms with Crippen LogP contribution in [-0.2, 0) is 0 Å². The Kier molecular flexibility index (Phi) is 5.22. The van der Waals surface area contributed by atoms with Crippen molar-refractivity contribution in [3.63, 3.8) is 0 Å². The van der Waals surface area contributed by atoms with Crippen molar-refractivity contribution in [2.75, 3.05) is 32.0 Å². The van der Waals surface area contributed by atoms with Crippen molar-refractivity contribution in [3.8, 4) is 11.5 Å². The third-order valence-electron chi connectivity index (χ3n) is 2.10. The highest BCUT2D eigenvalue weighted by Gasteiger charge is 2.05. The minimum absolute atomic E-state index is 0.209. The summed E-state index contributed by atoms with van der Waals surface area (Å²) in [5.41, 5.74) is 0.849. The Balaban J connectivity index is 2.67. The zero-order valence-corrected chi connectivity index (χ0v) is 10.1. The van der Waals surface area contributed by atoms with E-state index in [-0.39, 0.29) is 5.88 Å². The lowest BCUT2D eigenvalue weighted by molar-refractivity contribution is 0.211. The van der Waals surface area contributed by atoms with E-state index in [1.807, 2.05) is 6.07 Å². The summed E-state index contributed by atoms with van der Waals surface area (Å²) in [6, 6.07) is 5.45. The van der Waals surface area contributed by atoms with Gasteiger partial charge in [0.1, 0.15) is 0 Å². The third-order valence-corrected chi connectivity index (χ3v) is 2.46. The van der Waals surface area contributed by atoms with E-state index < -0.39 is 6.10 Å². The van der Waals surface area contributed by atoms with Gasteiger partial charge in [-0.2, -0.15) is 0 Å². The average Bonchev–Trinajstić information content (AvgIpc) is 2.35. The second-order valence-electron chi connectivity index (χ2n) is 3.26. The van der Waals surface area contributed by atoms with Gasteiger partial charge in [-0.05, 0) is 12.1 Å². The van der Waals surface area contributed by atoms with Crippen molar-refractivity contribution in [1.29, 1.82) is 0 Å². The van der Waals surface area contributed by atoms with E-state index in [2.05, 4.69) is 5.32 Å². The van der Waals surface area contributed by atoms with Gasteiger partial charge in [0.2, 0.25) is 0 Å². The van der Waals surface area contributed by atoms with Crippen molar-refractivity contribution in [3.05, 3.63) is 18.2 Å². The van der Waals surface area contributed by atoms with E-state index in [1.165, 1.54) is 0 Å². The summed E-state index contributed by atoms with van der Waals surface area (Å²) < 4.78 is 10.3. The zero-order valence-electron chi connectivity index (χ0n) is 9.37. The molecule has 0 aliphatic heterocycles. The highest BCUT2D eigenvalue weighted by Crippen LogP contribution is 2.29. The Labute approximate surface area is 100 Å². The first-order valence-corrected chi connectivity index (χ1v) is 5.44. The largest absolute Gasteiger partial charge is 0.493 e. The van der Waals surface area contributed by atoms with Crippen LogP contribution in [0, 0.1) is 0 Å². The van der Waals surface area contributed by atoms with Crippen molar-refractivity contribution in [2.24, 2.45) is 0 Å². The van der Waals surface area contributed by atoms with Gasteiger partial charge >= 0.3 is 0 Å². The molecule has 16 heavy (non-hydrogen) atoms. The Morgan fingerprint density at radius 1 is 1.31 bits per heavy atom. The molecule has 0 aliphatic rings. The lowest BCUT2D eigenvalue weighted by Gasteiger charge is -2.12. The van der Waals surface area contributed by atoms with Crippen LogP contribution in [0.1, 0.15) is 0 Å². The summed E-state index contributed by atoms with van der Waals surface area (Å²) in [6.07, 6.45) is -0.560. The summed E-state index contributed by atoms with van der Waals surface area (Å²) in [4.78, 5) is 0. The van der Waals surface area contributed by atoms with Gasteiger partial charge in [-0.1, -0.05) is 0 Å². The number of alkyl halides is 1. The molecule has 0 amide bonds. The fraction of sp³-hybridized carbons (Fsp3) is 0.455. The number of nitrogens with one attached hydrogen (secondary N) is 1. The van der Waals surface area contributed by atoms with Crippen LogP contribution in [0.3, 0.4) is 0 Å². The van der Waals surface area contributed by atoms with Crippen molar-refractivity contribution >= 4 is 17.3 Å². The molecule has 0 fully saturated rings. The van der Waals surface area contributed by atoms with E-state index in [4.69, 9.17) is 21.1 Å². The third kappa shape index (κ3) is 3.47. The molecular formula is C11H16ClNO3. The molecule has 2 N–H and O–H groups in total. The van der Waals surface area contributed by atoms with Gasteiger partial charge in [-0.15, -0.1) is 11.6 Å². The van der Waals surface area contributed by atoms with Gasteiger partial charge in [0.25, 0.3) is 0 Å². The van der Waals surface area contributed by atoms with Crippen LogP contribution in [-0.4, -0.2) is 37.9 Å². The molecule has 0 saturated heterocycles. The highest BCUT2D eigenvalue weighted by molar-refractivity contribution is 6.18. The first-order chi connectivity index (χ1) is 7.71. The molecule has 90 valence electrons. The van der Waals surface area contributed by atoms with E-state index in [1.54, 1.807) is 26.4 Å². The molecule has 0 saturated carbocycles. The molecule has 4 nitrogen and oxygen atoms in total. The number of aliphatic hydroxyl groups excluding tert-OH is 1.